The fraction of sp³-hybridized carbons (Fsp3) is 0.316. The van der Waals surface area contributed by atoms with Crippen molar-refractivity contribution in [2.75, 3.05) is 26.8 Å². The molecule has 0 aliphatic carbocycles. The number of ether oxygens (including phenoxy) is 2. The summed E-state index contributed by atoms with van der Waals surface area (Å²) in [4.78, 5) is 38.2. The van der Waals surface area contributed by atoms with Crippen LogP contribution in [0.15, 0.2) is 28.8 Å². The molecule has 2 aromatic heterocycles. The number of hydrogen-bond donors (Lipinski definition) is 2. The van der Waals surface area contributed by atoms with E-state index in [1.165, 1.54) is 4.68 Å². The predicted molar refractivity (Wildman–Crippen MR) is 116 cm³/mol. The van der Waals surface area contributed by atoms with Gasteiger partial charge in [-0.2, -0.15) is 9.67 Å². The minimum atomic E-state index is -0.703. The summed E-state index contributed by atoms with van der Waals surface area (Å²) in [5.74, 6) is -0.557. The fourth-order valence-corrected chi connectivity index (χ4v) is 2.85. The fourth-order valence-electron chi connectivity index (χ4n) is 2.65. The number of nitro groups is 1. The summed E-state index contributed by atoms with van der Waals surface area (Å²) in [5, 5.41) is 23.4. The van der Waals surface area contributed by atoms with Crippen LogP contribution in [0, 0.1) is 17.0 Å². The van der Waals surface area contributed by atoms with E-state index in [9.17, 15) is 19.7 Å². The molecule has 1 aromatic carbocycles. The van der Waals surface area contributed by atoms with Crippen LogP contribution >= 0.6 is 11.6 Å². The van der Waals surface area contributed by atoms with Gasteiger partial charge in [-0.05, 0) is 36.1 Å². The lowest BCUT2D eigenvalue weighted by Crippen LogP contribution is -2.36. The average molecular weight is 494 g/mol. The molecule has 2 N–H and O–H groups in total. The van der Waals surface area contributed by atoms with E-state index in [0.717, 1.165) is 0 Å². The van der Waals surface area contributed by atoms with E-state index in [0.29, 0.717) is 17.2 Å². The van der Waals surface area contributed by atoms with Crippen LogP contribution in [-0.4, -0.2) is 63.5 Å². The number of nitrogens with one attached hydrogen (secondary N) is 2. The van der Waals surface area contributed by atoms with Crippen molar-refractivity contribution in [2.45, 2.75) is 13.5 Å². The Hall–Kier alpha value is -4.20. The highest BCUT2D eigenvalue weighted by Gasteiger charge is 2.25. The number of carbonyl (C=O) groups excluding carboxylic acids is 2. The maximum atomic E-state index is 12.1. The Bertz CT molecular complexity index is 1180. The molecule has 3 rings (SSSR count). The third kappa shape index (κ3) is 6.19. The number of halogens is 1. The van der Waals surface area contributed by atoms with E-state index < -0.39 is 16.6 Å². The van der Waals surface area contributed by atoms with Crippen LogP contribution in [0.25, 0.3) is 0 Å². The Balaban J connectivity index is 1.40. The summed E-state index contributed by atoms with van der Waals surface area (Å²) in [6, 6.07) is 6.77. The van der Waals surface area contributed by atoms with Gasteiger partial charge in [0.15, 0.2) is 17.5 Å². The van der Waals surface area contributed by atoms with E-state index in [1.54, 1.807) is 38.3 Å². The monoisotopic (exact) mass is 493 g/mol. The molecule has 0 aliphatic rings. The summed E-state index contributed by atoms with van der Waals surface area (Å²) in [6.07, 6.45) is 0. The summed E-state index contributed by atoms with van der Waals surface area (Å²) < 4.78 is 16.5. The van der Waals surface area contributed by atoms with Crippen LogP contribution < -0.4 is 20.1 Å². The van der Waals surface area contributed by atoms with Crippen LogP contribution in [0.4, 0.5) is 5.82 Å². The minimum absolute atomic E-state index is 0.0753. The van der Waals surface area contributed by atoms with Crippen molar-refractivity contribution in [3.63, 3.8) is 0 Å². The number of nitrogens with zero attached hydrogens (tertiary/aromatic N) is 5. The van der Waals surface area contributed by atoms with Crippen LogP contribution in [0.3, 0.4) is 0 Å². The van der Waals surface area contributed by atoms with Gasteiger partial charge in [-0.25, -0.2) is 0 Å². The topological polar surface area (TPSA) is 177 Å². The number of methoxy groups -OCH3 is 1. The highest BCUT2D eigenvalue weighted by molar-refractivity contribution is 6.33. The molecule has 0 saturated carbocycles. The molecule has 0 unspecified atom stereocenters. The summed E-state index contributed by atoms with van der Waals surface area (Å²) in [7, 11) is 1.55. The first-order valence-corrected chi connectivity index (χ1v) is 10.2. The molecule has 0 saturated heterocycles. The third-order valence-electron chi connectivity index (χ3n) is 4.41. The molecular formula is C19H20ClN7O7. The Labute approximate surface area is 197 Å². The number of rotatable bonds is 11. The summed E-state index contributed by atoms with van der Waals surface area (Å²) in [6.45, 7) is 1.52. The lowest BCUT2D eigenvalue weighted by Gasteiger charge is -2.08. The molecule has 0 spiro atoms. The molecule has 0 fully saturated rings. The summed E-state index contributed by atoms with van der Waals surface area (Å²) in [5.41, 5.74) is 0.343. The highest BCUT2D eigenvalue weighted by atomic mass is 35.5. The van der Waals surface area contributed by atoms with Crippen molar-refractivity contribution < 1.29 is 28.5 Å². The zero-order valence-electron chi connectivity index (χ0n) is 18.1. The lowest BCUT2D eigenvalue weighted by molar-refractivity contribution is -0.389. The molecule has 14 nitrogen and oxygen atoms in total. The second kappa shape index (κ2) is 11.1. The Morgan fingerprint density at radius 1 is 1.21 bits per heavy atom. The Morgan fingerprint density at radius 3 is 2.53 bits per heavy atom. The van der Waals surface area contributed by atoms with Gasteiger partial charge >= 0.3 is 17.6 Å². The predicted octanol–water partition coefficient (Wildman–Crippen LogP) is 1.12. The molecule has 0 aliphatic heterocycles. The first-order valence-electron chi connectivity index (χ1n) is 9.80. The quantitative estimate of drug-likeness (QED) is 0.223. The van der Waals surface area contributed by atoms with Gasteiger partial charge in [-0.15, -0.1) is 0 Å². The molecule has 34 heavy (non-hydrogen) atoms. The van der Waals surface area contributed by atoms with Crippen molar-refractivity contribution in [3.8, 4) is 11.5 Å². The van der Waals surface area contributed by atoms with Crippen LogP contribution in [-0.2, 0) is 11.3 Å². The second-order valence-corrected chi connectivity index (χ2v) is 7.10. The SMILES string of the molecule is COc1ccc(OCC(=O)NCCNC(=O)c2nc(Cn3nc([N+](=O)[O-])c(Cl)c3C)no2)cc1. The van der Waals surface area contributed by atoms with Crippen molar-refractivity contribution in [3.05, 3.63) is 56.8 Å². The van der Waals surface area contributed by atoms with Gasteiger partial charge in [0.1, 0.15) is 18.0 Å². The van der Waals surface area contributed by atoms with Gasteiger partial charge in [0.2, 0.25) is 0 Å². The Morgan fingerprint density at radius 2 is 1.88 bits per heavy atom. The van der Waals surface area contributed by atoms with E-state index in [1.807, 2.05) is 0 Å². The maximum Gasteiger partial charge on any atom is 0.408 e. The first-order chi connectivity index (χ1) is 16.3. The molecule has 0 radical (unpaired) electrons. The molecular weight excluding hydrogens is 474 g/mol. The normalized spacial score (nSPS) is 10.6. The van der Waals surface area contributed by atoms with Gasteiger partial charge < -0.3 is 34.7 Å². The van der Waals surface area contributed by atoms with E-state index in [4.69, 9.17) is 25.6 Å². The molecule has 15 heteroatoms. The molecule has 3 aromatic rings. The largest absolute Gasteiger partial charge is 0.497 e. The van der Waals surface area contributed by atoms with E-state index in [-0.39, 0.29) is 48.9 Å². The highest BCUT2D eigenvalue weighted by Crippen LogP contribution is 2.26. The smallest absolute Gasteiger partial charge is 0.408 e. The van der Waals surface area contributed by atoms with Gasteiger partial charge in [0, 0.05) is 13.1 Å². The molecule has 180 valence electrons. The van der Waals surface area contributed by atoms with Crippen molar-refractivity contribution in [1.29, 1.82) is 0 Å². The molecule has 2 amide bonds. The number of carbonyl (C=O) groups is 2. The molecule has 0 atom stereocenters. The lowest BCUT2D eigenvalue weighted by atomic mass is 10.3. The van der Waals surface area contributed by atoms with E-state index >= 15 is 0 Å². The number of benzene rings is 1. The minimum Gasteiger partial charge on any atom is -0.497 e. The molecule has 0 bridgehead atoms. The third-order valence-corrected chi connectivity index (χ3v) is 4.85. The van der Waals surface area contributed by atoms with Crippen molar-refractivity contribution in [2.24, 2.45) is 0 Å². The number of amides is 2. The number of aromatic nitrogens is 4. The standard InChI is InChI=1S/C19H20ClN7O7/c1-11-16(20)17(27(30)31)24-26(11)9-14-23-19(34-25-14)18(29)22-8-7-21-15(28)10-33-13-5-3-12(32-2)4-6-13/h3-6H,7-10H2,1-2H3,(H,21,28)(H,22,29). The molecule has 2 heterocycles. The summed E-state index contributed by atoms with van der Waals surface area (Å²) >= 11 is 5.89. The van der Waals surface area contributed by atoms with Gasteiger partial charge in [-0.1, -0.05) is 16.8 Å². The van der Waals surface area contributed by atoms with Gasteiger partial charge in [0.25, 0.3) is 5.91 Å². The first kappa shape index (κ1) is 24.4. The maximum absolute atomic E-state index is 12.1. The van der Waals surface area contributed by atoms with Crippen LogP contribution in [0.2, 0.25) is 5.02 Å². The zero-order valence-corrected chi connectivity index (χ0v) is 18.9. The van der Waals surface area contributed by atoms with Crippen LogP contribution in [0.5, 0.6) is 11.5 Å². The second-order valence-electron chi connectivity index (χ2n) is 6.72. The van der Waals surface area contributed by atoms with Crippen LogP contribution in [0.1, 0.15) is 22.2 Å². The van der Waals surface area contributed by atoms with Crippen molar-refractivity contribution in [1.82, 2.24) is 30.6 Å². The van der Waals surface area contributed by atoms with Gasteiger partial charge in [-0.3, -0.25) is 9.59 Å². The number of hydrogen-bond acceptors (Lipinski definition) is 10. The zero-order chi connectivity index (χ0) is 24.7. The van der Waals surface area contributed by atoms with E-state index in [2.05, 4.69) is 25.9 Å². The van der Waals surface area contributed by atoms with Gasteiger partial charge in [0.05, 0.1) is 17.9 Å². The Kier molecular flexibility index (Phi) is 7.97. The van der Waals surface area contributed by atoms with Crippen molar-refractivity contribution >= 4 is 29.2 Å². The average Bonchev–Trinajstić information content (AvgIpc) is 3.41.